The van der Waals surface area contributed by atoms with Crippen molar-refractivity contribution in [2.24, 2.45) is 0 Å². The average molecular weight is 348 g/mol. The summed E-state index contributed by atoms with van der Waals surface area (Å²) in [7, 11) is 2.11. The molecule has 1 aliphatic rings. The number of likely N-dealkylation sites (tertiary alicyclic amines) is 1. The predicted octanol–water partition coefficient (Wildman–Crippen LogP) is 2.34. The molecule has 110 valence electrons. The quantitative estimate of drug-likeness (QED) is 0.849. The van der Waals surface area contributed by atoms with Crippen molar-refractivity contribution in [3.8, 4) is 0 Å². The fourth-order valence-electron chi connectivity index (χ4n) is 2.68. The molecule has 3 heterocycles. The van der Waals surface area contributed by atoms with Crippen molar-refractivity contribution < 1.29 is 0 Å². The van der Waals surface area contributed by atoms with E-state index in [1.807, 2.05) is 18.3 Å². The van der Waals surface area contributed by atoms with Crippen LogP contribution in [0, 0.1) is 0 Å². The molecule has 1 saturated heterocycles. The summed E-state index contributed by atoms with van der Waals surface area (Å²) in [4.78, 5) is 17.4. The van der Waals surface area contributed by atoms with Crippen molar-refractivity contribution >= 4 is 21.7 Å². The number of rotatable bonds is 4. The van der Waals surface area contributed by atoms with E-state index < -0.39 is 0 Å². The summed E-state index contributed by atoms with van der Waals surface area (Å²) in [6, 6.07) is 6.57. The van der Waals surface area contributed by atoms with Crippen LogP contribution >= 0.6 is 15.9 Å². The Morgan fingerprint density at radius 3 is 2.95 bits per heavy atom. The van der Waals surface area contributed by atoms with Crippen LogP contribution in [-0.2, 0) is 6.54 Å². The zero-order valence-corrected chi connectivity index (χ0v) is 13.6. The molecule has 0 aromatic carbocycles. The third kappa shape index (κ3) is 3.57. The Kier molecular flexibility index (Phi) is 4.45. The zero-order chi connectivity index (χ0) is 14.7. The molecule has 1 atom stereocenters. The Hall–Kier alpha value is -1.53. The molecule has 0 bridgehead atoms. The van der Waals surface area contributed by atoms with Gasteiger partial charge in [-0.2, -0.15) is 0 Å². The molecule has 5 nitrogen and oxygen atoms in total. The van der Waals surface area contributed by atoms with Crippen molar-refractivity contribution in [1.29, 1.82) is 0 Å². The van der Waals surface area contributed by atoms with Crippen molar-refractivity contribution in [3.63, 3.8) is 0 Å². The SMILES string of the molecule is CN(c1ccncn1)C1CCN(Cc2ccc(Br)cn2)C1. The van der Waals surface area contributed by atoms with Gasteiger partial charge in [0.2, 0.25) is 0 Å². The lowest BCUT2D eigenvalue weighted by atomic mass is 10.2. The molecule has 6 heteroatoms. The van der Waals surface area contributed by atoms with Gasteiger partial charge in [0.25, 0.3) is 0 Å². The van der Waals surface area contributed by atoms with E-state index in [9.17, 15) is 0 Å². The van der Waals surface area contributed by atoms with Gasteiger partial charge in [-0.3, -0.25) is 9.88 Å². The molecule has 0 saturated carbocycles. The highest BCUT2D eigenvalue weighted by atomic mass is 79.9. The summed E-state index contributed by atoms with van der Waals surface area (Å²) < 4.78 is 1.02. The highest BCUT2D eigenvalue weighted by molar-refractivity contribution is 9.10. The Morgan fingerprint density at radius 1 is 1.33 bits per heavy atom. The summed E-state index contributed by atoms with van der Waals surface area (Å²) >= 11 is 3.42. The molecular formula is C15H18BrN5. The molecule has 3 rings (SSSR count). The van der Waals surface area contributed by atoms with Crippen LogP contribution in [0.3, 0.4) is 0 Å². The molecule has 2 aromatic rings. The predicted molar refractivity (Wildman–Crippen MR) is 86.1 cm³/mol. The summed E-state index contributed by atoms with van der Waals surface area (Å²) in [6.07, 6.45) is 6.40. The molecule has 1 aliphatic heterocycles. The van der Waals surface area contributed by atoms with Crippen molar-refractivity contribution in [1.82, 2.24) is 19.9 Å². The number of likely N-dealkylation sites (N-methyl/N-ethyl adjacent to an activating group) is 1. The minimum Gasteiger partial charge on any atom is -0.355 e. The lowest BCUT2D eigenvalue weighted by Crippen LogP contribution is -2.35. The van der Waals surface area contributed by atoms with Gasteiger partial charge in [0.1, 0.15) is 12.1 Å². The van der Waals surface area contributed by atoms with Crippen LogP contribution in [0.15, 0.2) is 41.4 Å². The summed E-state index contributed by atoms with van der Waals surface area (Å²) in [6.45, 7) is 3.04. The minimum absolute atomic E-state index is 0.496. The lowest BCUT2D eigenvalue weighted by Gasteiger charge is -2.25. The molecule has 0 aliphatic carbocycles. The molecule has 1 fully saturated rings. The number of halogens is 1. The second-order valence-electron chi connectivity index (χ2n) is 5.32. The number of hydrogen-bond donors (Lipinski definition) is 0. The van der Waals surface area contributed by atoms with Crippen LogP contribution in [0.1, 0.15) is 12.1 Å². The molecule has 21 heavy (non-hydrogen) atoms. The largest absolute Gasteiger partial charge is 0.355 e. The standard InChI is InChI=1S/C15H18BrN5/c1-20(15-4-6-17-11-19-15)14-5-7-21(10-14)9-13-3-2-12(16)8-18-13/h2-4,6,8,11,14H,5,7,9-10H2,1H3. The van der Waals surface area contributed by atoms with E-state index in [4.69, 9.17) is 0 Å². The van der Waals surface area contributed by atoms with Crippen LogP contribution in [-0.4, -0.2) is 46.0 Å². The fraction of sp³-hybridized carbons (Fsp3) is 0.400. The van der Waals surface area contributed by atoms with Gasteiger partial charge >= 0.3 is 0 Å². The third-order valence-corrected chi connectivity index (χ3v) is 4.37. The summed E-state index contributed by atoms with van der Waals surface area (Å²) in [5.74, 6) is 0.985. The van der Waals surface area contributed by atoms with Crippen LogP contribution < -0.4 is 4.90 Å². The van der Waals surface area contributed by atoms with E-state index >= 15 is 0 Å². The minimum atomic E-state index is 0.496. The van der Waals surface area contributed by atoms with Gasteiger partial charge < -0.3 is 4.90 Å². The van der Waals surface area contributed by atoms with Crippen LogP contribution in [0.5, 0.6) is 0 Å². The monoisotopic (exact) mass is 347 g/mol. The number of aromatic nitrogens is 3. The van der Waals surface area contributed by atoms with Crippen molar-refractivity contribution in [2.45, 2.75) is 19.0 Å². The van der Waals surface area contributed by atoms with E-state index in [1.165, 1.54) is 0 Å². The molecule has 0 N–H and O–H groups in total. The van der Waals surface area contributed by atoms with Gasteiger partial charge in [-0.15, -0.1) is 0 Å². The Labute approximate surface area is 133 Å². The Bertz CT molecular complexity index is 574. The maximum Gasteiger partial charge on any atom is 0.131 e. The first-order valence-electron chi connectivity index (χ1n) is 7.04. The zero-order valence-electron chi connectivity index (χ0n) is 12.0. The van der Waals surface area contributed by atoms with Crippen molar-refractivity contribution in [3.05, 3.63) is 47.1 Å². The average Bonchev–Trinajstić information content (AvgIpc) is 2.98. The van der Waals surface area contributed by atoms with Crippen LogP contribution in [0.25, 0.3) is 0 Å². The molecule has 1 unspecified atom stereocenters. The first-order valence-corrected chi connectivity index (χ1v) is 7.83. The Balaban J connectivity index is 1.59. The number of hydrogen-bond acceptors (Lipinski definition) is 5. The Morgan fingerprint density at radius 2 is 2.24 bits per heavy atom. The normalized spacial score (nSPS) is 18.9. The first-order chi connectivity index (χ1) is 10.2. The molecular weight excluding hydrogens is 330 g/mol. The van der Waals surface area contributed by atoms with Gasteiger partial charge in [-0.05, 0) is 40.5 Å². The van der Waals surface area contributed by atoms with Gasteiger partial charge in [0.05, 0.1) is 5.69 Å². The van der Waals surface area contributed by atoms with Gasteiger partial charge in [-0.1, -0.05) is 0 Å². The topological polar surface area (TPSA) is 45.2 Å². The second-order valence-corrected chi connectivity index (χ2v) is 6.24. The van der Waals surface area contributed by atoms with Gasteiger partial charge in [0, 0.05) is 49.6 Å². The van der Waals surface area contributed by atoms with Crippen molar-refractivity contribution in [2.75, 3.05) is 25.0 Å². The number of pyridine rings is 1. The molecule has 0 radical (unpaired) electrons. The third-order valence-electron chi connectivity index (χ3n) is 3.90. The number of nitrogens with zero attached hydrogens (tertiary/aromatic N) is 5. The van der Waals surface area contributed by atoms with E-state index in [0.717, 1.165) is 42.0 Å². The summed E-state index contributed by atoms with van der Waals surface area (Å²) in [5, 5.41) is 0. The molecule has 2 aromatic heterocycles. The first kappa shape index (κ1) is 14.4. The fourth-order valence-corrected chi connectivity index (χ4v) is 2.91. The van der Waals surface area contributed by atoms with E-state index in [2.05, 4.69) is 53.8 Å². The molecule has 0 amide bonds. The second kappa shape index (κ2) is 6.49. The smallest absolute Gasteiger partial charge is 0.131 e. The molecule has 0 spiro atoms. The van der Waals surface area contributed by atoms with Gasteiger partial charge in [0.15, 0.2) is 0 Å². The maximum atomic E-state index is 4.45. The lowest BCUT2D eigenvalue weighted by molar-refractivity contribution is 0.321. The van der Waals surface area contributed by atoms with Gasteiger partial charge in [-0.25, -0.2) is 9.97 Å². The van der Waals surface area contributed by atoms with E-state index in [1.54, 1.807) is 12.5 Å². The highest BCUT2D eigenvalue weighted by Crippen LogP contribution is 2.20. The highest BCUT2D eigenvalue weighted by Gasteiger charge is 2.26. The number of anilines is 1. The van der Waals surface area contributed by atoms with Crippen LogP contribution in [0.2, 0.25) is 0 Å². The van der Waals surface area contributed by atoms with E-state index in [0.29, 0.717) is 6.04 Å². The summed E-state index contributed by atoms with van der Waals surface area (Å²) in [5.41, 5.74) is 1.11. The van der Waals surface area contributed by atoms with E-state index in [-0.39, 0.29) is 0 Å². The van der Waals surface area contributed by atoms with Crippen LogP contribution in [0.4, 0.5) is 5.82 Å². The maximum absolute atomic E-state index is 4.45.